The highest BCUT2D eigenvalue weighted by Crippen LogP contribution is 2.37. The normalized spacial score (nSPS) is 16.2. The molecule has 4 aromatic rings. The number of aromatic amines is 1. The average Bonchev–Trinajstić information content (AvgIpc) is 3.25. The van der Waals surface area contributed by atoms with Gasteiger partial charge in [-0.2, -0.15) is 0 Å². The van der Waals surface area contributed by atoms with Crippen LogP contribution in [0.2, 0.25) is 0 Å². The summed E-state index contributed by atoms with van der Waals surface area (Å²) in [4.78, 5) is 46.5. The molecule has 0 bridgehead atoms. The summed E-state index contributed by atoms with van der Waals surface area (Å²) in [6, 6.07) is 17.1. The number of nitrogens with zero attached hydrogens (tertiary/aromatic N) is 1. The van der Waals surface area contributed by atoms with Gasteiger partial charge in [0.05, 0.1) is 22.7 Å². The fourth-order valence-corrected chi connectivity index (χ4v) is 5.72. The van der Waals surface area contributed by atoms with E-state index in [9.17, 15) is 14.4 Å². The summed E-state index contributed by atoms with van der Waals surface area (Å²) < 4.78 is 5.51. The predicted molar refractivity (Wildman–Crippen MR) is 130 cm³/mol. The quantitative estimate of drug-likeness (QED) is 0.402. The Bertz CT molecular complexity index is 1410. The summed E-state index contributed by atoms with van der Waals surface area (Å²) in [6.45, 7) is 1.65. The van der Waals surface area contributed by atoms with E-state index < -0.39 is 17.3 Å². The van der Waals surface area contributed by atoms with Crippen LogP contribution in [0.15, 0.2) is 69.7 Å². The van der Waals surface area contributed by atoms with Crippen LogP contribution in [0.3, 0.4) is 0 Å². The molecule has 0 aliphatic carbocycles. The van der Waals surface area contributed by atoms with Crippen LogP contribution in [0.4, 0.5) is 5.69 Å². The minimum absolute atomic E-state index is 0.0845. The van der Waals surface area contributed by atoms with Crippen molar-refractivity contribution in [2.75, 3.05) is 5.32 Å². The van der Waals surface area contributed by atoms with Gasteiger partial charge >= 0.3 is 5.97 Å². The average molecular weight is 478 g/mol. The number of hydrogen-bond acceptors (Lipinski definition) is 7. The Morgan fingerprint density at radius 2 is 1.88 bits per heavy atom. The Balaban J connectivity index is 1.31. The SMILES string of the molecule is C[C@@H](OC(=O)C[C@@H]1Sc2ccccc2NC1=O)c1nc2scc(-c3ccccc3)c2c(=O)[nH]1. The maximum atomic E-state index is 12.8. The summed E-state index contributed by atoms with van der Waals surface area (Å²) >= 11 is 2.70. The van der Waals surface area contributed by atoms with Crippen LogP contribution in [0.1, 0.15) is 25.3 Å². The standard InChI is InChI=1S/C24H19N3O4S2/c1-13(31-19(28)11-18-22(29)25-16-9-5-6-10-17(16)33-18)21-26-23(30)20-15(12-32-24(20)27-21)14-7-3-2-4-8-14/h2-10,12-13,18H,11H2,1H3,(H,25,29)(H,26,27,30)/t13-,18+/m1/s1. The number of thiophene rings is 1. The van der Waals surface area contributed by atoms with Crippen molar-refractivity contribution in [1.29, 1.82) is 0 Å². The fraction of sp³-hybridized carbons (Fsp3) is 0.167. The minimum Gasteiger partial charge on any atom is -0.454 e. The first-order valence-electron chi connectivity index (χ1n) is 10.3. The number of nitrogens with one attached hydrogen (secondary N) is 2. The number of carbonyl (C=O) groups excluding carboxylic acids is 2. The largest absolute Gasteiger partial charge is 0.454 e. The van der Waals surface area contributed by atoms with Gasteiger partial charge in [0, 0.05) is 15.8 Å². The molecule has 5 rings (SSSR count). The number of carbonyl (C=O) groups is 2. The lowest BCUT2D eigenvalue weighted by Crippen LogP contribution is -2.31. The molecule has 0 fully saturated rings. The van der Waals surface area contributed by atoms with E-state index in [-0.39, 0.29) is 23.7 Å². The summed E-state index contributed by atoms with van der Waals surface area (Å²) in [6.07, 6.45) is -0.848. The number of fused-ring (bicyclic) bond motifs is 2. The van der Waals surface area contributed by atoms with Crippen molar-refractivity contribution in [1.82, 2.24) is 9.97 Å². The van der Waals surface area contributed by atoms with Crippen LogP contribution < -0.4 is 10.9 Å². The topological polar surface area (TPSA) is 101 Å². The molecule has 9 heteroatoms. The molecule has 1 aliphatic heterocycles. The highest BCUT2D eigenvalue weighted by atomic mass is 32.2. The van der Waals surface area contributed by atoms with Gasteiger partial charge in [0.25, 0.3) is 5.56 Å². The molecule has 0 saturated heterocycles. The van der Waals surface area contributed by atoms with Crippen LogP contribution in [-0.4, -0.2) is 27.1 Å². The molecule has 33 heavy (non-hydrogen) atoms. The third kappa shape index (κ3) is 4.29. The van der Waals surface area contributed by atoms with Gasteiger partial charge in [-0.25, -0.2) is 4.98 Å². The smallest absolute Gasteiger partial charge is 0.308 e. The highest BCUT2D eigenvalue weighted by molar-refractivity contribution is 8.01. The van der Waals surface area contributed by atoms with Crippen molar-refractivity contribution in [3.63, 3.8) is 0 Å². The summed E-state index contributed by atoms with van der Waals surface area (Å²) in [5.74, 6) is -0.495. The number of para-hydroxylation sites is 1. The maximum Gasteiger partial charge on any atom is 0.308 e. The number of aromatic nitrogens is 2. The second-order valence-electron chi connectivity index (χ2n) is 7.57. The van der Waals surface area contributed by atoms with Crippen molar-refractivity contribution in [2.24, 2.45) is 0 Å². The van der Waals surface area contributed by atoms with Gasteiger partial charge in [-0.3, -0.25) is 14.4 Å². The zero-order chi connectivity index (χ0) is 22.9. The molecule has 2 aromatic carbocycles. The van der Waals surface area contributed by atoms with Gasteiger partial charge in [0.1, 0.15) is 4.83 Å². The minimum atomic E-state index is -0.763. The van der Waals surface area contributed by atoms with Gasteiger partial charge in [-0.05, 0) is 24.6 Å². The molecule has 7 nitrogen and oxygen atoms in total. The molecule has 1 aliphatic rings. The van der Waals surface area contributed by atoms with E-state index >= 15 is 0 Å². The number of ether oxygens (including phenoxy) is 1. The molecule has 2 atom stereocenters. The Morgan fingerprint density at radius 1 is 1.12 bits per heavy atom. The molecule has 0 unspecified atom stereocenters. The Kier molecular flexibility index (Phi) is 5.74. The lowest BCUT2D eigenvalue weighted by Gasteiger charge is -2.23. The number of amides is 1. The van der Waals surface area contributed by atoms with E-state index in [0.717, 1.165) is 21.7 Å². The molecule has 2 N–H and O–H groups in total. The van der Waals surface area contributed by atoms with Crippen molar-refractivity contribution >= 4 is 50.9 Å². The molecular weight excluding hydrogens is 458 g/mol. The summed E-state index contributed by atoms with van der Waals surface area (Å²) in [5, 5.41) is 4.65. The van der Waals surface area contributed by atoms with Crippen LogP contribution in [0, 0.1) is 0 Å². The third-order valence-corrected chi connectivity index (χ3v) is 7.45. The van der Waals surface area contributed by atoms with E-state index in [4.69, 9.17) is 4.74 Å². The first-order valence-corrected chi connectivity index (χ1v) is 12.1. The Hall–Kier alpha value is -3.43. The maximum absolute atomic E-state index is 12.8. The number of H-pyrrole nitrogens is 1. The molecule has 0 radical (unpaired) electrons. The number of rotatable bonds is 5. The van der Waals surface area contributed by atoms with Crippen molar-refractivity contribution in [2.45, 2.75) is 29.6 Å². The summed E-state index contributed by atoms with van der Waals surface area (Å²) in [5.41, 5.74) is 2.22. The Labute approximate surface area is 197 Å². The van der Waals surface area contributed by atoms with Crippen LogP contribution in [0.5, 0.6) is 0 Å². The first kappa shape index (κ1) is 21.4. The predicted octanol–water partition coefficient (Wildman–Crippen LogP) is 4.76. The van der Waals surface area contributed by atoms with E-state index in [2.05, 4.69) is 15.3 Å². The number of anilines is 1. The van der Waals surface area contributed by atoms with Crippen LogP contribution in [-0.2, 0) is 14.3 Å². The summed E-state index contributed by atoms with van der Waals surface area (Å²) in [7, 11) is 0. The van der Waals surface area contributed by atoms with Gasteiger partial charge in [-0.15, -0.1) is 23.1 Å². The zero-order valence-electron chi connectivity index (χ0n) is 17.5. The van der Waals surface area contributed by atoms with Crippen molar-refractivity contribution in [3.05, 3.63) is 76.2 Å². The molecule has 0 saturated carbocycles. The molecule has 2 aromatic heterocycles. The first-order chi connectivity index (χ1) is 16.0. The number of hydrogen-bond donors (Lipinski definition) is 2. The lowest BCUT2D eigenvalue weighted by molar-refractivity contribution is -0.149. The van der Waals surface area contributed by atoms with E-state index in [0.29, 0.717) is 10.2 Å². The van der Waals surface area contributed by atoms with E-state index in [1.54, 1.807) is 6.92 Å². The lowest BCUT2D eigenvalue weighted by atomic mass is 10.1. The van der Waals surface area contributed by atoms with Crippen LogP contribution in [0.25, 0.3) is 21.3 Å². The molecule has 0 spiro atoms. The highest BCUT2D eigenvalue weighted by Gasteiger charge is 2.30. The molecule has 3 heterocycles. The number of esters is 1. The van der Waals surface area contributed by atoms with E-state index in [1.165, 1.54) is 23.1 Å². The number of thioether (sulfide) groups is 1. The Morgan fingerprint density at radius 3 is 2.70 bits per heavy atom. The molecule has 166 valence electrons. The van der Waals surface area contributed by atoms with Gasteiger partial charge in [0.15, 0.2) is 11.9 Å². The molecule has 1 amide bonds. The van der Waals surface area contributed by atoms with Gasteiger partial charge < -0.3 is 15.0 Å². The van der Waals surface area contributed by atoms with Gasteiger partial charge in [0.2, 0.25) is 5.91 Å². The second kappa shape index (κ2) is 8.84. The fourth-order valence-electron chi connectivity index (χ4n) is 3.67. The number of benzene rings is 2. The van der Waals surface area contributed by atoms with Gasteiger partial charge in [-0.1, -0.05) is 42.5 Å². The molecular formula is C24H19N3O4S2. The monoisotopic (exact) mass is 477 g/mol. The van der Waals surface area contributed by atoms with Crippen molar-refractivity contribution < 1.29 is 14.3 Å². The zero-order valence-corrected chi connectivity index (χ0v) is 19.2. The van der Waals surface area contributed by atoms with Crippen molar-refractivity contribution in [3.8, 4) is 11.1 Å². The second-order valence-corrected chi connectivity index (χ2v) is 9.68. The third-order valence-electron chi connectivity index (χ3n) is 5.30. The van der Waals surface area contributed by atoms with E-state index in [1.807, 2.05) is 60.0 Å². The van der Waals surface area contributed by atoms with Crippen LogP contribution >= 0.6 is 23.1 Å².